The summed E-state index contributed by atoms with van der Waals surface area (Å²) in [6, 6.07) is 0. The minimum absolute atomic E-state index is 0.0443. The van der Waals surface area contributed by atoms with E-state index in [0.717, 1.165) is 70.6 Å². The van der Waals surface area contributed by atoms with Gasteiger partial charge in [0.15, 0.2) is 6.10 Å². The predicted molar refractivity (Wildman–Crippen MR) is 229 cm³/mol. The number of carbonyl (C=O) groups excluding carboxylic acids is 2. The molecular formula is C45H80NO8P. The molecule has 9 nitrogen and oxygen atoms in total. The molecule has 0 bridgehead atoms. The van der Waals surface area contributed by atoms with Crippen LogP contribution < -0.4 is 5.73 Å². The maximum absolute atomic E-state index is 12.6. The van der Waals surface area contributed by atoms with Crippen molar-refractivity contribution in [2.45, 2.75) is 187 Å². The van der Waals surface area contributed by atoms with Crippen molar-refractivity contribution in [2.75, 3.05) is 26.4 Å². The Morgan fingerprint density at radius 3 is 1.44 bits per heavy atom. The quantitative estimate of drug-likeness (QED) is 0.0269. The second-order valence-electron chi connectivity index (χ2n) is 14.2. The largest absolute Gasteiger partial charge is 0.472 e. The summed E-state index contributed by atoms with van der Waals surface area (Å²) in [5.41, 5.74) is 5.34. The van der Waals surface area contributed by atoms with Crippen LogP contribution in [-0.2, 0) is 32.7 Å². The number of nitrogens with two attached hydrogens (primary N) is 1. The third-order valence-corrected chi connectivity index (χ3v) is 9.86. The molecule has 0 aromatic carbocycles. The van der Waals surface area contributed by atoms with Gasteiger partial charge in [-0.3, -0.25) is 18.6 Å². The van der Waals surface area contributed by atoms with Crippen molar-refractivity contribution in [1.29, 1.82) is 0 Å². The van der Waals surface area contributed by atoms with Crippen LogP contribution in [0.3, 0.4) is 0 Å². The molecule has 0 saturated heterocycles. The average Bonchev–Trinajstić information content (AvgIpc) is 3.17. The Bertz CT molecular complexity index is 1090. The smallest absolute Gasteiger partial charge is 0.462 e. The fourth-order valence-electron chi connectivity index (χ4n) is 5.61. The highest BCUT2D eigenvalue weighted by Gasteiger charge is 2.25. The highest BCUT2D eigenvalue weighted by atomic mass is 31.2. The standard InChI is InChI=1S/C45H80NO8P/c1-3-5-7-9-11-13-15-17-19-20-21-22-24-25-27-29-31-33-35-37-44(47)51-41-43(42-53-55(49,50)52-40-39-46)54-45(48)38-36-34-32-30-28-26-23-18-16-14-12-10-8-6-4-2/h11-14,17-19,23,28,30,43H,3-10,15-16,20-22,24-27,29,31-42,46H2,1-2H3,(H,49,50)/b13-11+,14-12+,19-17+,23-18+,30-28+/t43-/m1/s1. The lowest BCUT2D eigenvalue weighted by Crippen LogP contribution is -2.29. The first-order chi connectivity index (χ1) is 26.8. The molecule has 0 amide bonds. The van der Waals surface area contributed by atoms with Crippen molar-refractivity contribution in [1.82, 2.24) is 0 Å². The zero-order chi connectivity index (χ0) is 40.3. The van der Waals surface area contributed by atoms with Crippen LogP contribution in [0.1, 0.15) is 181 Å². The van der Waals surface area contributed by atoms with E-state index < -0.39 is 32.5 Å². The molecular weight excluding hydrogens is 713 g/mol. The second kappa shape index (κ2) is 41.3. The zero-order valence-corrected chi connectivity index (χ0v) is 35.8. The van der Waals surface area contributed by atoms with Gasteiger partial charge in [-0.1, -0.05) is 145 Å². The van der Waals surface area contributed by atoms with E-state index >= 15 is 0 Å². The molecule has 10 heteroatoms. The van der Waals surface area contributed by atoms with E-state index in [4.69, 9.17) is 24.3 Å². The number of carbonyl (C=O) groups is 2. The van der Waals surface area contributed by atoms with Gasteiger partial charge in [0, 0.05) is 19.4 Å². The molecule has 0 rings (SSSR count). The van der Waals surface area contributed by atoms with E-state index in [2.05, 4.69) is 74.6 Å². The summed E-state index contributed by atoms with van der Waals surface area (Å²) in [5, 5.41) is 0. The first kappa shape index (κ1) is 52.7. The monoisotopic (exact) mass is 794 g/mol. The van der Waals surface area contributed by atoms with Gasteiger partial charge in [0.05, 0.1) is 13.2 Å². The predicted octanol–water partition coefficient (Wildman–Crippen LogP) is 12.5. The summed E-state index contributed by atoms with van der Waals surface area (Å²) in [6.07, 6.45) is 48.2. The zero-order valence-electron chi connectivity index (χ0n) is 34.9. The van der Waals surface area contributed by atoms with Crippen molar-refractivity contribution in [3.05, 3.63) is 60.8 Å². The minimum atomic E-state index is -4.39. The van der Waals surface area contributed by atoms with Crippen LogP contribution in [0.5, 0.6) is 0 Å². The number of ether oxygens (including phenoxy) is 2. The average molecular weight is 794 g/mol. The van der Waals surface area contributed by atoms with Crippen LogP contribution in [0.2, 0.25) is 0 Å². The lowest BCUT2D eigenvalue weighted by atomic mass is 10.1. The number of hydrogen-bond acceptors (Lipinski definition) is 8. The third-order valence-electron chi connectivity index (χ3n) is 8.88. The topological polar surface area (TPSA) is 134 Å². The number of esters is 2. The molecule has 0 heterocycles. The summed E-state index contributed by atoms with van der Waals surface area (Å²) in [7, 11) is -4.39. The Morgan fingerprint density at radius 1 is 0.545 bits per heavy atom. The highest BCUT2D eigenvalue weighted by Crippen LogP contribution is 2.43. The molecule has 55 heavy (non-hydrogen) atoms. The van der Waals surface area contributed by atoms with Gasteiger partial charge in [0.25, 0.3) is 0 Å². The molecule has 0 aromatic rings. The van der Waals surface area contributed by atoms with Gasteiger partial charge < -0.3 is 20.1 Å². The van der Waals surface area contributed by atoms with Crippen LogP contribution in [0.4, 0.5) is 0 Å². The molecule has 0 radical (unpaired) electrons. The van der Waals surface area contributed by atoms with E-state index in [1.807, 2.05) is 0 Å². The number of rotatable bonds is 40. The molecule has 0 spiro atoms. The van der Waals surface area contributed by atoms with Crippen LogP contribution in [0.15, 0.2) is 60.8 Å². The van der Waals surface area contributed by atoms with Gasteiger partial charge in [0.1, 0.15) is 6.61 Å². The fraction of sp³-hybridized carbons (Fsp3) is 0.733. The summed E-state index contributed by atoms with van der Waals surface area (Å²) < 4.78 is 32.7. The van der Waals surface area contributed by atoms with Crippen molar-refractivity contribution in [3.63, 3.8) is 0 Å². The molecule has 318 valence electrons. The van der Waals surface area contributed by atoms with Crippen LogP contribution in [0, 0.1) is 0 Å². The molecule has 2 atom stereocenters. The highest BCUT2D eigenvalue weighted by molar-refractivity contribution is 7.47. The summed E-state index contributed by atoms with van der Waals surface area (Å²) in [4.78, 5) is 34.8. The van der Waals surface area contributed by atoms with Crippen molar-refractivity contribution < 1.29 is 37.6 Å². The summed E-state index contributed by atoms with van der Waals surface area (Å²) in [5.74, 6) is -0.881. The van der Waals surface area contributed by atoms with E-state index in [1.165, 1.54) is 77.0 Å². The molecule has 0 aliphatic carbocycles. The van der Waals surface area contributed by atoms with Gasteiger partial charge in [-0.25, -0.2) is 4.57 Å². The lowest BCUT2D eigenvalue weighted by molar-refractivity contribution is -0.161. The summed E-state index contributed by atoms with van der Waals surface area (Å²) in [6.45, 7) is 3.62. The van der Waals surface area contributed by atoms with Gasteiger partial charge in [-0.15, -0.1) is 0 Å². The number of hydrogen-bond donors (Lipinski definition) is 2. The number of allylic oxidation sites excluding steroid dienone is 10. The van der Waals surface area contributed by atoms with Gasteiger partial charge >= 0.3 is 19.8 Å². The van der Waals surface area contributed by atoms with Crippen LogP contribution in [0.25, 0.3) is 0 Å². The molecule has 0 aliphatic heterocycles. The molecule has 0 aromatic heterocycles. The fourth-order valence-corrected chi connectivity index (χ4v) is 6.38. The molecule has 0 fully saturated rings. The lowest BCUT2D eigenvalue weighted by Gasteiger charge is -2.19. The van der Waals surface area contributed by atoms with Crippen molar-refractivity contribution in [2.24, 2.45) is 5.73 Å². The van der Waals surface area contributed by atoms with Gasteiger partial charge in [-0.2, -0.15) is 0 Å². The Morgan fingerprint density at radius 2 is 0.945 bits per heavy atom. The number of phosphoric ester groups is 1. The van der Waals surface area contributed by atoms with Gasteiger partial charge in [0.2, 0.25) is 0 Å². The maximum atomic E-state index is 12.6. The van der Waals surface area contributed by atoms with Gasteiger partial charge in [-0.05, 0) is 83.5 Å². The van der Waals surface area contributed by atoms with Crippen LogP contribution in [-0.4, -0.2) is 49.3 Å². The van der Waals surface area contributed by atoms with E-state index in [9.17, 15) is 19.0 Å². The van der Waals surface area contributed by atoms with E-state index in [0.29, 0.717) is 6.42 Å². The molecule has 3 N–H and O–H groups in total. The van der Waals surface area contributed by atoms with Crippen molar-refractivity contribution in [3.8, 4) is 0 Å². The third kappa shape index (κ3) is 41.2. The Kier molecular flexibility index (Phi) is 39.6. The maximum Gasteiger partial charge on any atom is 0.472 e. The first-order valence-electron chi connectivity index (χ1n) is 21.8. The minimum Gasteiger partial charge on any atom is -0.462 e. The Balaban J connectivity index is 4.20. The van der Waals surface area contributed by atoms with E-state index in [-0.39, 0.29) is 32.6 Å². The van der Waals surface area contributed by atoms with Crippen molar-refractivity contribution >= 4 is 19.8 Å². The first-order valence-corrected chi connectivity index (χ1v) is 23.3. The van der Waals surface area contributed by atoms with E-state index in [1.54, 1.807) is 0 Å². The normalized spacial score (nSPS) is 13.9. The SMILES string of the molecule is CCCCC/C=C/C/C=C/C/C=C/CCCCC(=O)O[C@H](COC(=O)CCCCCCCCCCC/C=C/C/C=C/CCCCC)COP(=O)(O)OCCN. The molecule has 0 aliphatic rings. The number of phosphoric acid groups is 1. The second-order valence-corrected chi connectivity index (χ2v) is 15.7. The number of unbranched alkanes of at least 4 members (excludes halogenated alkanes) is 17. The Labute approximate surface area is 336 Å². The molecule has 0 saturated carbocycles. The summed E-state index contributed by atoms with van der Waals surface area (Å²) >= 11 is 0. The molecule has 1 unspecified atom stereocenters. The van der Waals surface area contributed by atoms with Crippen LogP contribution >= 0.6 is 7.82 Å². The Hall–Kier alpha value is -2.29.